The van der Waals surface area contributed by atoms with Crippen molar-refractivity contribution in [2.24, 2.45) is 0 Å². The predicted octanol–water partition coefficient (Wildman–Crippen LogP) is 3.80. The van der Waals surface area contributed by atoms with Crippen LogP contribution in [0.2, 0.25) is 0 Å². The van der Waals surface area contributed by atoms with Crippen molar-refractivity contribution in [2.75, 3.05) is 6.54 Å². The van der Waals surface area contributed by atoms with Gasteiger partial charge >= 0.3 is 0 Å². The van der Waals surface area contributed by atoms with E-state index in [2.05, 4.69) is 56.7 Å². The lowest BCUT2D eigenvalue weighted by Gasteiger charge is -2.14. The largest absolute Gasteiger partial charge is 0.310 e. The summed E-state index contributed by atoms with van der Waals surface area (Å²) in [6, 6.07) is 8.78. The van der Waals surface area contributed by atoms with Crippen molar-refractivity contribution in [3.63, 3.8) is 0 Å². The van der Waals surface area contributed by atoms with Crippen molar-refractivity contribution in [1.29, 1.82) is 0 Å². The zero-order valence-electron chi connectivity index (χ0n) is 9.69. The highest BCUT2D eigenvalue weighted by molar-refractivity contribution is 9.10. The monoisotopic (exact) mass is 310 g/mol. The molecule has 1 atom stereocenters. The van der Waals surface area contributed by atoms with Gasteiger partial charge in [-0.15, -0.1) is 11.3 Å². The van der Waals surface area contributed by atoms with E-state index >= 15 is 0 Å². The van der Waals surface area contributed by atoms with Gasteiger partial charge in [0.25, 0.3) is 0 Å². The smallest absolute Gasteiger partial charge is 0.0794 e. The highest BCUT2D eigenvalue weighted by Crippen LogP contribution is 2.17. The predicted molar refractivity (Wildman–Crippen MR) is 76.4 cm³/mol. The van der Waals surface area contributed by atoms with Crippen LogP contribution in [0.15, 0.2) is 39.6 Å². The Kier molecular flexibility index (Phi) is 4.71. The number of nitrogens with zero attached hydrogens (tertiary/aromatic N) is 1. The first-order valence-electron chi connectivity index (χ1n) is 5.61. The van der Waals surface area contributed by atoms with Gasteiger partial charge in [-0.1, -0.05) is 28.1 Å². The number of aromatic nitrogens is 1. The number of rotatable bonds is 5. The van der Waals surface area contributed by atoms with Crippen LogP contribution in [0.3, 0.4) is 0 Å². The molecule has 90 valence electrons. The van der Waals surface area contributed by atoms with Crippen LogP contribution in [0.1, 0.15) is 24.2 Å². The molecule has 0 aliphatic rings. The zero-order valence-corrected chi connectivity index (χ0v) is 12.1. The molecule has 0 saturated carbocycles. The Morgan fingerprint density at radius 2 is 2.35 bits per heavy atom. The fourth-order valence-corrected chi connectivity index (χ4v) is 2.68. The van der Waals surface area contributed by atoms with Gasteiger partial charge in [-0.3, -0.25) is 0 Å². The Bertz CT molecular complexity index is 456. The standard InChI is InChI=1S/C13H15BrN2S/c1-10(11-3-2-4-12(14)7-11)15-6-5-13-8-17-9-16-13/h2-4,7-10,15H,5-6H2,1H3. The Hall–Kier alpha value is -0.710. The third-order valence-electron chi connectivity index (χ3n) is 2.66. The molecule has 2 nitrogen and oxygen atoms in total. The fourth-order valence-electron chi connectivity index (χ4n) is 1.67. The van der Waals surface area contributed by atoms with Crippen molar-refractivity contribution in [3.05, 3.63) is 50.9 Å². The average molecular weight is 311 g/mol. The molecule has 1 unspecified atom stereocenters. The molecule has 1 heterocycles. The van der Waals surface area contributed by atoms with Crippen LogP contribution in [0.25, 0.3) is 0 Å². The summed E-state index contributed by atoms with van der Waals surface area (Å²) in [5.74, 6) is 0. The second kappa shape index (κ2) is 6.28. The molecule has 1 N–H and O–H groups in total. The van der Waals surface area contributed by atoms with Gasteiger partial charge in [-0.05, 0) is 24.6 Å². The summed E-state index contributed by atoms with van der Waals surface area (Å²) in [6.45, 7) is 3.14. The summed E-state index contributed by atoms with van der Waals surface area (Å²) in [4.78, 5) is 4.27. The van der Waals surface area contributed by atoms with E-state index in [4.69, 9.17) is 0 Å². The normalized spacial score (nSPS) is 12.6. The summed E-state index contributed by atoms with van der Waals surface area (Å²) in [6.07, 6.45) is 0.988. The van der Waals surface area contributed by atoms with Crippen LogP contribution >= 0.6 is 27.3 Å². The van der Waals surface area contributed by atoms with Crippen LogP contribution in [0.4, 0.5) is 0 Å². The molecule has 0 amide bonds. The molecular weight excluding hydrogens is 296 g/mol. The molecule has 1 aromatic heterocycles. The van der Waals surface area contributed by atoms with Crippen molar-refractivity contribution in [1.82, 2.24) is 10.3 Å². The minimum atomic E-state index is 0.367. The maximum absolute atomic E-state index is 4.27. The van der Waals surface area contributed by atoms with Gasteiger partial charge in [0.2, 0.25) is 0 Å². The van der Waals surface area contributed by atoms with Gasteiger partial charge in [-0.2, -0.15) is 0 Å². The number of nitrogens with one attached hydrogen (secondary N) is 1. The molecule has 0 aliphatic carbocycles. The Balaban J connectivity index is 1.83. The van der Waals surface area contributed by atoms with Crippen molar-refractivity contribution in [2.45, 2.75) is 19.4 Å². The van der Waals surface area contributed by atoms with E-state index in [0.29, 0.717) is 6.04 Å². The van der Waals surface area contributed by atoms with E-state index in [0.717, 1.165) is 17.4 Å². The van der Waals surface area contributed by atoms with E-state index in [9.17, 15) is 0 Å². The molecule has 4 heteroatoms. The van der Waals surface area contributed by atoms with Crippen LogP contribution in [-0.2, 0) is 6.42 Å². The molecule has 0 saturated heterocycles. The summed E-state index contributed by atoms with van der Waals surface area (Å²) in [5, 5.41) is 5.61. The number of halogens is 1. The molecule has 0 bridgehead atoms. The first-order valence-corrected chi connectivity index (χ1v) is 7.35. The SMILES string of the molecule is CC(NCCc1cscn1)c1cccc(Br)c1. The van der Waals surface area contributed by atoms with E-state index in [1.165, 1.54) is 11.3 Å². The van der Waals surface area contributed by atoms with Crippen molar-refractivity contribution >= 4 is 27.3 Å². The summed E-state index contributed by atoms with van der Waals surface area (Å²) >= 11 is 5.15. The summed E-state index contributed by atoms with van der Waals surface area (Å²) in [5.41, 5.74) is 4.36. The first-order chi connectivity index (χ1) is 8.25. The fraction of sp³-hybridized carbons (Fsp3) is 0.308. The van der Waals surface area contributed by atoms with Gasteiger partial charge in [0.15, 0.2) is 0 Å². The molecule has 0 aliphatic heterocycles. The van der Waals surface area contributed by atoms with Gasteiger partial charge in [-0.25, -0.2) is 4.98 Å². The number of hydrogen-bond acceptors (Lipinski definition) is 3. The van der Waals surface area contributed by atoms with Gasteiger partial charge in [0.1, 0.15) is 0 Å². The number of thiazole rings is 1. The molecule has 17 heavy (non-hydrogen) atoms. The van der Waals surface area contributed by atoms with Gasteiger partial charge in [0.05, 0.1) is 11.2 Å². The lowest BCUT2D eigenvalue weighted by molar-refractivity contribution is 0.574. The van der Waals surface area contributed by atoms with Crippen molar-refractivity contribution in [3.8, 4) is 0 Å². The minimum absolute atomic E-state index is 0.367. The Morgan fingerprint density at radius 3 is 3.06 bits per heavy atom. The second-order valence-corrected chi connectivity index (χ2v) is 5.59. The summed E-state index contributed by atoms with van der Waals surface area (Å²) in [7, 11) is 0. The van der Waals surface area contributed by atoms with Gasteiger partial charge < -0.3 is 5.32 Å². The molecular formula is C13H15BrN2S. The topological polar surface area (TPSA) is 24.9 Å². The van der Waals surface area contributed by atoms with Crippen LogP contribution in [-0.4, -0.2) is 11.5 Å². The molecule has 0 fully saturated rings. The minimum Gasteiger partial charge on any atom is -0.310 e. The first kappa shape index (κ1) is 12.7. The van der Waals surface area contributed by atoms with Crippen LogP contribution < -0.4 is 5.32 Å². The lowest BCUT2D eigenvalue weighted by atomic mass is 10.1. The van der Waals surface area contributed by atoms with Crippen molar-refractivity contribution < 1.29 is 0 Å². The van der Waals surface area contributed by atoms with Gasteiger partial charge in [0, 0.05) is 28.9 Å². The molecule has 0 spiro atoms. The van der Waals surface area contributed by atoms with Crippen LogP contribution in [0.5, 0.6) is 0 Å². The van der Waals surface area contributed by atoms with E-state index in [-0.39, 0.29) is 0 Å². The van der Waals surface area contributed by atoms with Crippen LogP contribution in [0, 0.1) is 0 Å². The summed E-state index contributed by atoms with van der Waals surface area (Å²) < 4.78 is 1.13. The third kappa shape index (κ3) is 3.91. The van der Waals surface area contributed by atoms with E-state index in [1.807, 2.05) is 11.6 Å². The van der Waals surface area contributed by atoms with E-state index < -0.39 is 0 Å². The number of benzene rings is 1. The Morgan fingerprint density at radius 1 is 1.47 bits per heavy atom. The average Bonchev–Trinajstić information content (AvgIpc) is 2.82. The molecule has 2 aromatic rings. The molecule has 0 radical (unpaired) electrons. The molecule has 2 rings (SSSR count). The third-order valence-corrected chi connectivity index (χ3v) is 3.79. The maximum Gasteiger partial charge on any atom is 0.0794 e. The quantitative estimate of drug-likeness (QED) is 0.908. The highest BCUT2D eigenvalue weighted by Gasteiger charge is 2.04. The molecule has 1 aromatic carbocycles. The lowest BCUT2D eigenvalue weighted by Crippen LogP contribution is -2.21. The Labute approximate surface area is 114 Å². The van der Waals surface area contributed by atoms with E-state index in [1.54, 1.807) is 11.3 Å². The number of hydrogen-bond donors (Lipinski definition) is 1. The zero-order chi connectivity index (χ0) is 12.1. The maximum atomic E-state index is 4.27. The highest BCUT2D eigenvalue weighted by atomic mass is 79.9. The second-order valence-electron chi connectivity index (χ2n) is 3.96.